The van der Waals surface area contributed by atoms with Gasteiger partial charge >= 0.3 is 0 Å². The van der Waals surface area contributed by atoms with E-state index in [-0.39, 0.29) is 0 Å². The standard InChI is InChI=1S/C50H29N3O/c1-2-15-31(16-3-1)46-50(52-42-27-11-10-26-41(42)51-46)53-47-37(38-23-13-25-40-44-32-17-5-4-14-30(32)28-29-43(44)54-49(38)40)22-12-24-39(47)45-35-20-8-6-18-33(35)34-19-7-9-21-36(34)48(45)53/h1-29H. The first-order valence-corrected chi connectivity index (χ1v) is 18.3. The summed E-state index contributed by atoms with van der Waals surface area (Å²) in [4.78, 5) is 10.9. The van der Waals surface area contributed by atoms with Crippen LogP contribution in [-0.4, -0.2) is 14.5 Å². The van der Waals surface area contributed by atoms with Gasteiger partial charge in [0, 0.05) is 43.6 Å². The molecule has 0 aliphatic heterocycles. The van der Waals surface area contributed by atoms with Gasteiger partial charge in [0.2, 0.25) is 0 Å². The molecule has 0 fully saturated rings. The molecule has 0 unspecified atom stereocenters. The Morgan fingerprint density at radius 1 is 0.389 bits per heavy atom. The number of benzene rings is 9. The fraction of sp³-hybridized carbons (Fsp3) is 0. The Morgan fingerprint density at radius 2 is 1.00 bits per heavy atom. The van der Waals surface area contributed by atoms with Crippen LogP contribution in [0.15, 0.2) is 180 Å². The Kier molecular flexibility index (Phi) is 6.02. The largest absolute Gasteiger partial charge is 0.455 e. The Bertz CT molecular complexity index is 3500. The molecule has 0 spiro atoms. The van der Waals surface area contributed by atoms with E-state index in [1.54, 1.807) is 0 Å². The van der Waals surface area contributed by atoms with Crippen molar-refractivity contribution in [2.24, 2.45) is 0 Å². The molecule has 54 heavy (non-hydrogen) atoms. The summed E-state index contributed by atoms with van der Waals surface area (Å²) >= 11 is 0. The summed E-state index contributed by atoms with van der Waals surface area (Å²) < 4.78 is 9.26. The van der Waals surface area contributed by atoms with E-state index in [0.29, 0.717) is 0 Å². The zero-order chi connectivity index (χ0) is 35.3. The number of hydrogen-bond acceptors (Lipinski definition) is 3. The minimum Gasteiger partial charge on any atom is -0.455 e. The van der Waals surface area contributed by atoms with Crippen LogP contribution >= 0.6 is 0 Å². The van der Waals surface area contributed by atoms with E-state index in [1.165, 1.54) is 32.3 Å². The van der Waals surface area contributed by atoms with Crippen LogP contribution in [0.2, 0.25) is 0 Å². The maximum absolute atomic E-state index is 6.87. The molecule has 4 nitrogen and oxygen atoms in total. The SMILES string of the molecule is c1ccc(-c2nc3ccccc3nc2-n2c3c(-c4cccc5c4oc4ccc6ccccc6c45)cccc3c3c4ccccc4c4ccccc4c32)cc1. The fourth-order valence-electron chi connectivity index (χ4n) is 8.87. The second-order valence-electron chi connectivity index (χ2n) is 14.0. The monoisotopic (exact) mass is 687 g/mol. The van der Waals surface area contributed by atoms with Crippen LogP contribution in [0.3, 0.4) is 0 Å². The third kappa shape index (κ3) is 4.02. The highest BCUT2D eigenvalue weighted by Gasteiger charge is 2.26. The summed E-state index contributed by atoms with van der Waals surface area (Å²) in [5, 5.41) is 11.8. The Balaban J connectivity index is 1.32. The molecule has 12 aromatic rings. The smallest absolute Gasteiger partial charge is 0.165 e. The van der Waals surface area contributed by atoms with Gasteiger partial charge in [-0.3, -0.25) is 4.57 Å². The minimum atomic E-state index is 0.788. The van der Waals surface area contributed by atoms with Crippen molar-refractivity contribution in [3.05, 3.63) is 176 Å². The molecule has 0 saturated carbocycles. The second kappa shape index (κ2) is 11.1. The first-order chi connectivity index (χ1) is 26.8. The summed E-state index contributed by atoms with van der Waals surface area (Å²) in [7, 11) is 0. The average molecular weight is 688 g/mol. The summed E-state index contributed by atoms with van der Waals surface area (Å²) in [6, 6.07) is 62.2. The van der Waals surface area contributed by atoms with E-state index in [2.05, 4.69) is 156 Å². The molecule has 12 rings (SSSR count). The van der Waals surface area contributed by atoms with Crippen LogP contribution in [0.5, 0.6) is 0 Å². The zero-order valence-corrected chi connectivity index (χ0v) is 29.0. The number of fused-ring (bicyclic) bond motifs is 14. The van der Waals surface area contributed by atoms with Crippen LogP contribution in [0, 0.1) is 0 Å². The first kappa shape index (κ1) is 29.3. The van der Waals surface area contributed by atoms with Crippen molar-refractivity contribution in [1.29, 1.82) is 0 Å². The Labute approximate surface area is 309 Å². The number of rotatable bonds is 3. The summed E-state index contributed by atoms with van der Waals surface area (Å²) in [6.45, 7) is 0. The molecule has 0 atom stereocenters. The summed E-state index contributed by atoms with van der Waals surface area (Å²) in [6.07, 6.45) is 0. The quantitative estimate of drug-likeness (QED) is 0.174. The van der Waals surface area contributed by atoms with E-state index in [0.717, 1.165) is 83.0 Å². The molecule has 250 valence electrons. The van der Waals surface area contributed by atoms with Gasteiger partial charge in [-0.15, -0.1) is 0 Å². The van der Waals surface area contributed by atoms with E-state index in [4.69, 9.17) is 14.4 Å². The number of nitrogens with zero attached hydrogens (tertiary/aromatic N) is 3. The maximum Gasteiger partial charge on any atom is 0.165 e. The molecule has 0 bridgehead atoms. The number of furan rings is 1. The molecule has 0 saturated heterocycles. The van der Waals surface area contributed by atoms with Gasteiger partial charge in [0.1, 0.15) is 16.9 Å². The van der Waals surface area contributed by atoms with Gasteiger partial charge in [0.15, 0.2) is 5.82 Å². The lowest BCUT2D eigenvalue weighted by Crippen LogP contribution is -2.04. The fourth-order valence-corrected chi connectivity index (χ4v) is 8.87. The molecule has 0 N–H and O–H groups in total. The van der Waals surface area contributed by atoms with Crippen molar-refractivity contribution in [3.8, 4) is 28.2 Å². The predicted molar refractivity (Wildman–Crippen MR) is 225 cm³/mol. The van der Waals surface area contributed by atoms with Crippen LogP contribution < -0.4 is 0 Å². The Hall–Kier alpha value is -7.30. The van der Waals surface area contributed by atoms with E-state index in [9.17, 15) is 0 Å². The van der Waals surface area contributed by atoms with Crippen molar-refractivity contribution in [2.45, 2.75) is 0 Å². The highest BCUT2D eigenvalue weighted by atomic mass is 16.3. The molecule has 3 heterocycles. The van der Waals surface area contributed by atoms with Crippen molar-refractivity contribution in [3.63, 3.8) is 0 Å². The first-order valence-electron chi connectivity index (χ1n) is 18.3. The average Bonchev–Trinajstić information content (AvgIpc) is 3.81. The third-order valence-corrected chi connectivity index (χ3v) is 11.1. The topological polar surface area (TPSA) is 43.9 Å². The highest BCUT2D eigenvalue weighted by Crippen LogP contribution is 2.48. The Morgan fingerprint density at radius 3 is 1.81 bits per heavy atom. The van der Waals surface area contributed by atoms with Gasteiger partial charge in [-0.25, -0.2) is 9.97 Å². The lowest BCUT2D eigenvalue weighted by Gasteiger charge is -2.16. The lowest BCUT2D eigenvalue weighted by molar-refractivity contribution is 0.670. The maximum atomic E-state index is 6.87. The van der Waals surface area contributed by atoms with Gasteiger partial charge in [0.05, 0.1) is 22.1 Å². The lowest BCUT2D eigenvalue weighted by atomic mass is 9.95. The van der Waals surface area contributed by atoms with Gasteiger partial charge < -0.3 is 4.42 Å². The predicted octanol–water partition coefficient (Wildman–Crippen LogP) is 13.4. The third-order valence-electron chi connectivity index (χ3n) is 11.1. The second-order valence-corrected chi connectivity index (χ2v) is 14.0. The molecule has 3 aromatic heterocycles. The molecule has 0 aliphatic carbocycles. The number of aromatic nitrogens is 3. The van der Waals surface area contributed by atoms with Crippen molar-refractivity contribution < 1.29 is 4.42 Å². The molecule has 0 aliphatic rings. The van der Waals surface area contributed by atoms with E-state index in [1.807, 2.05) is 24.3 Å². The van der Waals surface area contributed by atoms with Crippen LogP contribution in [0.4, 0.5) is 0 Å². The minimum absolute atomic E-state index is 0.788. The van der Waals surface area contributed by atoms with Crippen molar-refractivity contribution in [1.82, 2.24) is 14.5 Å². The van der Waals surface area contributed by atoms with Crippen LogP contribution in [-0.2, 0) is 0 Å². The van der Waals surface area contributed by atoms with Gasteiger partial charge in [-0.2, -0.15) is 0 Å². The summed E-state index contributed by atoms with van der Waals surface area (Å²) in [5.74, 6) is 0.788. The zero-order valence-electron chi connectivity index (χ0n) is 29.0. The van der Waals surface area contributed by atoms with E-state index >= 15 is 0 Å². The van der Waals surface area contributed by atoms with E-state index < -0.39 is 0 Å². The molecular formula is C50H29N3O. The number of para-hydroxylation sites is 4. The van der Waals surface area contributed by atoms with Crippen molar-refractivity contribution in [2.75, 3.05) is 0 Å². The molecular weight excluding hydrogens is 659 g/mol. The van der Waals surface area contributed by atoms with Crippen molar-refractivity contribution >= 4 is 87.1 Å². The van der Waals surface area contributed by atoms with Gasteiger partial charge in [-0.05, 0) is 45.1 Å². The van der Waals surface area contributed by atoms with Crippen LogP contribution in [0.1, 0.15) is 0 Å². The van der Waals surface area contributed by atoms with Gasteiger partial charge in [-0.1, -0.05) is 158 Å². The molecule has 0 amide bonds. The van der Waals surface area contributed by atoms with Crippen LogP contribution in [0.25, 0.3) is 115 Å². The number of hydrogen-bond donors (Lipinski definition) is 0. The molecule has 9 aromatic carbocycles. The molecule has 0 radical (unpaired) electrons. The molecule has 4 heteroatoms. The normalized spacial score (nSPS) is 12.1. The van der Waals surface area contributed by atoms with Gasteiger partial charge in [0.25, 0.3) is 0 Å². The highest BCUT2D eigenvalue weighted by molar-refractivity contribution is 6.33. The summed E-state index contributed by atoms with van der Waals surface area (Å²) in [5.41, 5.74) is 9.56.